The molecule has 3 rings (SSSR count). The van der Waals surface area contributed by atoms with Crippen LogP contribution < -0.4 is 15.6 Å². The van der Waals surface area contributed by atoms with Gasteiger partial charge in [-0.05, 0) is 71.4 Å². The zero-order chi connectivity index (χ0) is 19.8. The normalized spacial score (nSPS) is 13.8. The lowest BCUT2D eigenvalue weighted by atomic mass is 10.1. The van der Waals surface area contributed by atoms with E-state index in [0.29, 0.717) is 18.0 Å². The Morgan fingerprint density at radius 3 is 2.48 bits per heavy atom. The van der Waals surface area contributed by atoms with Gasteiger partial charge in [-0.2, -0.15) is 0 Å². The van der Waals surface area contributed by atoms with Gasteiger partial charge in [-0.3, -0.25) is 4.79 Å². The smallest absolute Gasteiger partial charge is 0.254 e. The summed E-state index contributed by atoms with van der Waals surface area (Å²) in [5, 5.41) is 3.09. The maximum atomic E-state index is 12.0. The lowest BCUT2D eigenvalue weighted by Crippen LogP contribution is -2.14. The number of ether oxygens (including phenoxy) is 1. The van der Waals surface area contributed by atoms with Crippen molar-refractivity contribution in [2.24, 2.45) is 0 Å². The Kier molecular flexibility index (Phi) is 7.85. The van der Waals surface area contributed by atoms with Crippen molar-refractivity contribution in [2.75, 3.05) is 39.1 Å². The van der Waals surface area contributed by atoms with E-state index in [0.717, 1.165) is 29.1 Å². The fourth-order valence-corrected chi connectivity index (χ4v) is 2.86. The summed E-state index contributed by atoms with van der Waals surface area (Å²) < 4.78 is 5.76. The van der Waals surface area contributed by atoms with E-state index in [1.54, 1.807) is 6.92 Å². The predicted octanol–water partition coefficient (Wildman–Crippen LogP) is 3.60. The number of rotatable bonds is 5. The predicted molar refractivity (Wildman–Crippen MR) is 112 cm³/mol. The van der Waals surface area contributed by atoms with Crippen molar-refractivity contribution in [1.29, 1.82) is 0 Å². The van der Waals surface area contributed by atoms with Crippen molar-refractivity contribution < 1.29 is 4.74 Å². The molecule has 0 amide bonds. The highest BCUT2D eigenvalue weighted by Crippen LogP contribution is 2.30. The monoisotopic (exact) mass is 372 g/mol. The van der Waals surface area contributed by atoms with Crippen molar-refractivity contribution in [3.8, 4) is 17.1 Å². The van der Waals surface area contributed by atoms with E-state index >= 15 is 0 Å². The molecule has 0 bridgehead atoms. The van der Waals surface area contributed by atoms with Gasteiger partial charge >= 0.3 is 0 Å². The number of aromatic nitrogens is 2. The average Bonchev–Trinajstić information content (AvgIpc) is 3.15. The summed E-state index contributed by atoms with van der Waals surface area (Å²) in [5.41, 5.74) is 2.98. The molecule has 2 N–H and O–H groups in total. The molecule has 0 aliphatic carbocycles. The van der Waals surface area contributed by atoms with Crippen molar-refractivity contribution in [3.63, 3.8) is 0 Å². The van der Waals surface area contributed by atoms with Gasteiger partial charge in [0, 0.05) is 24.0 Å². The minimum Gasteiger partial charge on any atom is -0.493 e. The molecule has 0 saturated carbocycles. The molecule has 2 aromatic rings. The Labute approximate surface area is 162 Å². The molecule has 6 nitrogen and oxygen atoms in total. The largest absolute Gasteiger partial charge is 0.493 e. The number of hydrogen-bond acceptors (Lipinski definition) is 5. The molecule has 27 heavy (non-hydrogen) atoms. The van der Waals surface area contributed by atoms with Gasteiger partial charge in [-0.25, -0.2) is 4.98 Å². The first-order valence-corrected chi connectivity index (χ1v) is 9.67. The number of benzene rings is 1. The molecule has 2 heterocycles. The molecule has 1 aliphatic rings. The van der Waals surface area contributed by atoms with Crippen LogP contribution in [-0.4, -0.2) is 48.7 Å². The van der Waals surface area contributed by atoms with E-state index in [-0.39, 0.29) is 5.56 Å². The summed E-state index contributed by atoms with van der Waals surface area (Å²) >= 11 is 0. The van der Waals surface area contributed by atoms with Crippen LogP contribution in [0, 0.1) is 13.8 Å². The summed E-state index contributed by atoms with van der Waals surface area (Å²) in [6.45, 7) is 8.92. The van der Waals surface area contributed by atoms with Crippen LogP contribution in [0.3, 0.4) is 0 Å². The number of H-pyrrole nitrogens is 1. The second kappa shape index (κ2) is 10.1. The lowest BCUT2D eigenvalue weighted by molar-refractivity contribution is 0.318. The molecule has 1 fully saturated rings. The van der Waals surface area contributed by atoms with E-state index in [2.05, 4.69) is 34.2 Å². The molecular formula is C21H32N4O2. The van der Waals surface area contributed by atoms with E-state index in [1.807, 2.05) is 32.2 Å². The minimum atomic E-state index is -0.117. The third-order valence-corrected chi connectivity index (χ3v) is 4.71. The molecule has 1 saturated heterocycles. The second-order valence-corrected chi connectivity index (χ2v) is 6.94. The molecule has 6 heteroatoms. The van der Waals surface area contributed by atoms with Crippen LogP contribution in [0.15, 0.2) is 23.0 Å². The Morgan fingerprint density at radius 1 is 1.26 bits per heavy atom. The Morgan fingerprint density at radius 2 is 1.96 bits per heavy atom. The quantitative estimate of drug-likeness (QED) is 0.839. The first-order valence-electron chi connectivity index (χ1n) is 9.67. The van der Waals surface area contributed by atoms with Crippen molar-refractivity contribution in [1.82, 2.24) is 14.9 Å². The van der Waals surface area contributed by atoms with E-state index < -0.39 is 0 Å². The summed E-state index contributed by atoms with van der Waals surface area (Å²) in [7, 11) is 4.02. The molecule has 0 atom stereocenters. The third kappa shape index (κ3) is 5.82. The fourth-order valence-electron chi connectivity index (χ4n) is 2.86. The number of aryl methyl sites for hydroxylation is 1. The van der Waals surface area contributed by atoms with Crippen LogP contribution in [0.25, 0.3) is 11.4 Å². The molecule has 0 spiro atoms. The number of hydrogen-bond donors (Lipinski definition) is 2. The van der Waals surface area contributed by atoms with Crippen molar-refractivity contribution >= 4 is 5.69 Å². The van der Waals surface area contributed by atoms with E-state index in [4.69, 9.17) is 4.74 Å². The summed E-state index contributed by atoms with van der Waals surface area (Å²) in [6, 6.07) is 5.76. The number of aromatic amines is 1. The van der Waals surface area contributed by atoms with Gasteiger partial charge in [0.15, 0.2) is 0 Å². The van der Waals surface area contributed by atoms with Gasteiger partial charge in [0.1, 0.15) is 11.6 Å². The zero-order valence-corrected chi connectivity index (χ0v) is 17.2. The lowest BCUT2D eigenvalue weighted by Gasteiger charge is -2.13. The SMILES string of the molecule is CCCOc1ccc(NC)cc1-c1nc(C)c(C)c(=O)[nH]1.CN1CCCC1. The van der Waals surface area contributed by atoms with Gasteiger partial charge in [-0.15, -0.1) is 0 Å². The van der Waals surface area contributed by atoms with Crippen LogP contribution in [-0.2, 0) is 0 Å². The highest BCUT2D eigenvalue weighted by molar-refractivity contribution is 5.69. The fraction of sp³-hybridized carbons (Fsp3) is 0.524. The summed E-state index contributed by atoms with van der Waals surface area (Å²) in [6.07, 6.45) is 3.75. The molecule has 1 aromatic carbocycles. The van der Waals surface area contributed by atoms with Crippen molar-refractivity contribution in [2.45, 2.75) is 40.0 Å². The van der Waals surface area contributed by atoms with Crippen LogP contribution in [0.2, 0.25) is 0 Å². The van der Waals surface area contributed by atoms with Crippen LogP contribution in [0.5, 0.6) is 5.75 Å². The maximum Gasteiger partial charge on any atom is 0.254 e. The highest BCUT2D eigenvalue weighted by Gasteiger charge is 2.12. The number of likely N-dealkylation sites (tertiary alicyclic amines) is 1. The van der Waals surface area contributed by atoms with Crippen LogP contribution in [0.1, 0.15) is 37.4 Å². The second-order valence-electron chi connectivity index (χ2n) is 6.94. The Hall–Kier alpha value is -2.34. The van der Waals surface area contributed by atoms with E-state index in [9.17, 15) is 4.79 Å². The van der Waals surface area contributed by atoms with Gasteiger partial charge in [0.25, 0.3) is 5.56 Å². The summed E-state index contributed by atoms with van der Waals surface area (Å²) in [5.74, 6) is 1.26. The van der Waals surface area contributed by atoms with Crippen LogP contribution >= 0.6 is 0 Å². The standard InChI is InChI=1S/C16H21N3O2.C5H11N/c1-5-8-21-14-7-6-12(17-4)9-13(14)15-18-11(3)10(2)16(20)19-15;1-6-4-2-3-5-6/h6-7,9,17H,5,8H2,1-4H3,(H,18,19,20);2-5H2,1H3. The Balaban J connectivity index is 0.000000369. The minimum absolute atomic E-state index is 0.117. The molecule has 0 radical (unpaired) electrons. The number of nitrogens with one attached hydrogen (secondary N) is 2. The molecule has 148 valence electrons. The zero-order valence-electron chi connectivity index (χ0n) is 17.2. The average molecular weight is 373 g/mol. The topological polar surface area (TPSA) is 70.2 Å². The van der Waals surface area contributed by atoms with Crippen LogP contribution in [0.4, 0.5) is 5.69 Å². The van der Waals surface area contributed by atoms with Gasteiger partial charge in [0.05, 0.1) is 12.2 Å². The van der Waals surface area contributed by atoms with Gasteiger partial charge in [-0.1, -0.05) is 6.92 Å². The Bertz CT molecular complexity index is 795. The number of anilines is 1. The van der Waals surface area contributed by atoms with Gasteiger partial charge < -0.3 is 19.9 Å². The van der Waals surface area contributed by atoms with E-state index in [1.165, 1.54) is 25.9 Å². The first kappa shape index (κ1) is 21.0. The maximum absolute atomic E-state index is 12.0. The van der Waals surface area contributed by atoms with Gasteiger partial charge in [0.2, 0.25) is 0 Å². The third-order valence-electron chi connectivity index (χ3n) is 4.71. The number of nitrogens with zero attached hydrogens (tertiary/aromatic N) is 2. The first-order chi connectivity index (χ1) is 13.0. The summed E-state index contributed by atoms with van der Waals surface area (Å²) in [4.78, 5) is 21.6. The molecular weight excluding hydrogens is 340 g/mol. The highest BCUT2D eigenvalue weighted by atomic mass is 16.5. The molecule has 0 unspecified atom stereocenters. The molecule has 1 aromatic heterocycles. The molecule has 1 aliphatic heterocycles. The van der Waals surface area contributed by atoms with Crippen molar-refractivity contribution in [3.05, 3.63) is 39.8 Å².